The first-order valence-corrected chi connectivity index (χ1v) is 9.57. The van der Waals surface area contributed by atoms with Crippen molar-refractivity contribution in [2.24, 2.45) is 0 Å². The lowest BCUT2D eigenvalue weighted by molar-refractivity contribution is 0.0659. The zero-order chi connectivity index (χ0) is 16.9. The summed E-state index contributed by atoms with van der Waals surface area (Å²) in [5.74, 6) is -0.0102. The van der Waals surface area contributed by atoms with Gasteiger partial charge >= 0.3 is 6.09 Å². The topological polar surface area (TPSA) is 70.7 Å². The van der Waals surface area contributed by atoms with Crippen LogP contribution in [0, 0.1) is 0 Å². The van der Waals surface area contributed by atoms with Gasteiger partial charge in [0.25, 0.3) is 5.91 Å². The van der Waals surface area contributed by atoms with Gasteiger partial charge in [0.2, 0.25) is 0 Å². The van der Waals surface area contributed by atoms with Crippen LogP contribution in [0.25, 0.3) is 0 Å². The highest BCUT2D eigenvalue weighted by molar-refractivity contribution is 7.12. The maximum absolute atomic E-state index is 12.1. The van der Waals surface area contributed by atoms with E-state index in [-0.39, 0.29) is 12.0 Å². The van der Waals surface area contributed by atoms with Crippen LogP contribution in [-0.2, 0) is 4.74 Å². The zero-order valence-electron chi connectivity index (χ0n) is 14.0. The number of hydrogen-bond acceptors (Lipinski definition) is 5. The largest absolute Gasteiger partial charge is 0.450 e. The van der Waals surface area contributed by atoms with Crippen molar-refractivity contribution in [2.45, 2.75) is 50.7 Å². The van der Waals surface area contributed by atoms with Crippen LogP contribution in [0.3, 0.4) is 0 Å². The number of ether oxygens (including phenoxy) is 1. The van der Waals surface area contributed by atoms with Crippen LogP contribution in [0.15, 0.2) is 17.5 Å². The predicted molar refractivity (Wildman–Crippen MR) is 93.3 cm³/mol. The van der Waals surface area contributed by atoms with Crippen molar-refractivity contribution in [3.05, 3.63) is 22.4 Å². The number of carbonyl (C=O) groups is 2. The number of fused-ring (bicyclic) bond motifs is 2. The van der Waals surface area contributed by atoms with Gasteiger partial charge in [-0.3, -0.25) is 4.79 Å². The summed E-state index contributed by atoms with van der Waals surface area (Å²) in [7, 11) is 0. The smallest absolute Gasteiger partial charge is 0.410 e. The van der Waals surface area contributed by atoms with Crippen LogP contribution < -0.4 is 10.6 Å². The molecule has 1 aromatic rings. The normalized spacial score (nSPS) is 25.5. The first-order valence-electron chi connectivity index (χ1n) is 8.69. The van der Waals surface area contributed by atoms with E-state index in [9.17, 15) is 9.59 Å². The third-order valence-electron chi connectivity index (χ3n) is 4.80. The first-order chi connectivity index (χ1) is 11.7. The summed E-state index contributed by atoms with van der Waals surface area (Å²) in [5, 5.41) is 8.36. The van der Waals surface area contributed by atoms with Gasteiger partial charge in [-0.2, -0.15) is 0 Å². The summed E-state index contributed by atoms with van der Waals surface area (Å²) in [4.78, 5) is 26.6. The van der Waals surface area contributed by atoms with Crippen LogP contribution in [-0.4, -0.2) is 54.7 Å². The highest BCUT2D eigenvalue weighted by Crippen LogP contribution is 2.36. The Hall–Kier alpha value is -1.60. The lowest BCUT2D eigenvalue weighted by Crippen LogP contribution is -2.52. The molecule has 7 heteroatoms. The minimum atomic E-state index is -0.160. The molecule has 0 aliphatic carbocycles. The van der Waals surface area contributed by atoms with E-state index in [1.807, 2.05) is 29.3 Å². The van der Waals surface area contributed by atoms with Crippen LogP contribution in [0.1, 0.15) is 42.3 Å². The molecule has 0 aromatic carbocycles. The maximum Gasteiger partial charge on any atom is 0.410 e. The fraction of sp³-hybridized carbons (Fsp3) is 0.647. The number of carbonyl (C=O) groups excluding carboxylic acids is 2. The SMILES string of the molecule is CCOC(=O)N1C2CCC1CC(NCCNC(=O)c1cccs1)C2. The van der Waals surface area contributed by atoms with Crippen LogP contribution >= 0.6 is 11.3 Å². The summed E-state index contributed by atoms with van der Waals surface area (Å²) >= 11 is 1.45. The fourth-order valence-corrected chi connectivity index (χ4v) is 4.43. The highest BCUT2D eigenvalue weighted by Gasteiger charge is 2.43. The van der Waals surface area contributed by atoms with Crippen molar-refractivity contribution in [3.8, 4) is 0 Å². The molecule has 2 aliphatic rings. The minimum absolute atomic E-state index is 0.0102. The molecule has 24 heavy (non-hydrogen) atoms. The van der Waals surface area contributed by atoms with Gasteiger partial charge in [0, 0.05) is 31.2 Å². The quantitative estimate of drug-likeness (QED) is 0.771. The Kier molecular flexibility index (Phi) is 5.73. The Morgan fingerprint density at radius 2 is 2.04 bits per heavy atom. The molecule has 0 saturated carbocycles. The molecule has 2 saturated heterocycles. The summed E-state index contributed by atoms with van der Waals surface area (Å²) in [6.07, 6.45) is 3.90. The second kappa shape index (κ2) is 7.98. The van der Waals surface area contributed by atoms with Crippen molar-refractivity contribution in [1.82, 2.24) is 15.5 Å². The number of rotatable bonds is 6. The lowest BCUT2D eigenvalue weighted by atomic mass is 9.98. The molecule has 3 heterocycles. The second-order valence-corrected chi connectivity index (χ2v) is 7.29. The number of nitrogens with zero attached hydrogens (tertiary/aromatic N) is 1. The molecule has 2 fully saturated rings. The summed E-state index contributed by atoms with van der Waals surface area (Å²) in [6, 6.07) is 4.70. The van der Waals surface area contributed by atoms with Gasteiger partial charge in [0.1, 0.15) is 0 Å². The van der Waals surface area contributed by atoms with E-state index < -0.39 is 0 Å². The molecule has 2 atom stereocenters. The maximum atomic E-state index is 12.1. The van der Waals surface area contributed by atoms with Crippen molar-refractivity contribution in [3.63, 3.8) is 0 Å². The van der Waals surface area contributed by atoms with E-state index in [2.05, 4.69) is 10.6 Å². The average Bonchev–Trinajstić information content (AvgIpc) is 3.19. The molecule has 3 rings (SSSR count). The second-order valence-electron chi connectivity index (χ2n) is 6.35. The van der Waals surface area contributed by atoms with E-state index in [0.717, 1.165) is 37.1 Å². The first kappa shape index (κ1) is 17.2. The van der Waals surface area contributed by atoms with Crippen LogP contribution in [0.4, 0.5) is 4.79 Å². The number of amides is 2. The van der Waals surface area contributed by atoms with Crippen LogP contribution in [0.5, 0.6) is 0 Å². The predicted octanol–water partition coefficient (Wildman–Crippen LogP) is 2.22. The molecule has 2 aliphatic heterocycles. The van der Waals surface area contributed by atoms with Crippen molar-refractivity contribution >= 4 is 23.3 Å². The fourth-order valence-electron chi connectivity index (χ4n) is 3.79. The minimum Gasteiger partial charge on any atom is -0.450 e. The van der Waals surface area contributed by atoms with Gasteiger partial charge in [-0.05, 0) is 44.1 Å². The summed E-state index contributed by atoms with van der Waals surface area (Å²) < 4.78 is 5.18. The number of hydrogen-bond donors (Lipinski definition) is 2. The molecule has 132 valence electrons. The molecule has 2 amide bonds. The molecule has 1 aromatic heterocycles. The lowest BCUT2D eigenvalue weighted by Gasteiger charge is -2.38. The van der Waals surface area contributed by atoms with E-state index in [1.54, 1.807) is 0 Å². The van der Waals surface area contributed by atoms with Crippen molar-refractivity contribution in [1.29, 1.82) is 0 Å². The Morgan fingerprint density at radius 3 is 2.67 bits per heavy atom. The Bertz CT molecular complexity index is 549. The molecular weight excluding hydrogens is 326 g/mol. The van der Waals surface area contributed by atoms with Gasteiger partial charge in [0.15, 0.2) is 0 Å². The zero-order valence-corrected chi connectivity index (χ0v) is 14.8. The van der Waals surface area contributed by atoms with Gasteiger partial charge in [-0.15, -0.1) is 11.3 Å². The van der Waals surface area contributed by atoms with Crippen molar-refractivity contribution in [2.75, 3.05) is 19.7 Å². The van der Waals surface area contributed by atoms with E-state index >= 15 is 0 Å². The molecule has 0 radical (unpaired) electrons. The number of piperidine rings is 1. The number of nitrogens with one attached hydrogen (secondary N) is 2. The molecule has 2 N–H and O–H groups in total. The van der Waals surface area contributed by atoms with Gasteiger partial charge in [-0.25, -0.2) is 4.79 Å². The molecule has 2 unspecified atom stereocenters. The van der Waals surface area contributed by atoms with Gasteiger partial charge in [-0.1, -0.05) is 6.07 Å². The highest BCUT2D eigenvalue weighted by atomic mass is 32.1. The third-order valence-corrected chi connectivity index (χ3v) is 5.67. The van der Waals surface area contributed by atoms with Crippen LogP contribution in [0.2, 0.25) is 0 Å². The van der Waals surface area contributed by atoms with Crippen molar-refractivity contribution < 1.29 is 14.3 Å². The molecule has 0 spiro atoms. The summed E-state index contributed by atoms with van der Waals surface area (Å²) in [5.41, 5.74) is 0. The Balaban J connectivity index is 1.39. The standard InChI is InChI=1S/C17H25N3O3S/c1-2-23-17(22)20-13-5-6-14(20)11-12(10-13)18-7-8-19-16(21)15-4-3-9-24-15/h3-4,9,12-14,18H,2,5-8,10-11H2,1H3,(H,19,21). The van der Waals surface area contributed by atoms with E-state index in [0.29, 0.717) is 31.3 Å². The van der Waals surface area contributed by atoms with Gasteiger partial charge < -0.3 is 20.3 Å². The monoisotopic (exact) mass is 351 g/mol. The summed E-state index contributed by atoms with van der Waals surface area (Å²) in [6.45, 7) is 3.64. The van der Waals surface area contributed by atoms with Gasteiger partial charge in [0.05, 0.1) is 11.5 Å². The molecule has 2 bridgehead atoms. The van der Waals surface area contributed by atoms with E-state index in [1.165, 1.54) is 11.3 Å². The van der Waals surface area contributed by atoms with E-state index in [4.69, 9.17) is 4.74 Å². The Morgan fingerprint density at radius 1 is 1.29 bits per heavy atom. The third kappa shape index (κ3) is 3.89. The Labute approximate surface area is 146 Å². The number of thiophene rings is 1. The molecular formula is C17H25N3O3S. The molecule has 6 nitrogen and oxygen atoms in total. The average molecular weight is 351 g/mol.